The van der Waals surface area contributed by atoms with Crippen LogP contribution in [-0.4, -0.2) is 28.0 Å². The Balaban J connectivity index is 1.48. The SMILES string of the molecule is O=C1[C@@H]2[C@@H](C(=O)N1/N=C/c1c[nH]c3ccccc13)[C@H]1C=C[C@@H]2CC1. The highest BCUT2D eigenvalue weighted by Crippen LogP contribution is 2.49. The number of aromatic nitrogens is 1. The number of nitrogens with zero attached hydrogens (tertiary/aromatic N) is 2. The fourth-order valence-corrected chi connectivity index (χ4v) is 4.49. The maximum atomic E-state index is 12.7. The number of aromatic amines is 1. The second-order valence-electron chi connectivity index (χ2n) is 6.86. The number of fused-ring (bicyclic) bond motifs is 2. The lowest BCUT2D eigenvalue weighted by Crippen LogP contribution is -2.38. The van der Waals surface area contributed by atoms with Crippen LogP contribution in [0, 0.1) is 23.7 Å². The molecule has 1 aromatic carbocycles. The van der Waals surface area contributed by atoms with Gasteiger partial charge in [0.05, 0.1) is 18.1 Å². The minimum atomic E-state index is -0.207. The Morgan fingerprint density at radius 1 is 1.04 bits per heavy atom. The summed E-state index contributed by atoms with van der Waals surface area (Å²) in [5.41, 5.74) is 1.89. The molecule has 2 fully saturated rings. The minimum Gasteiger partial charge on any atom is -0.361 e. The summed E-state index contributed by atoms with van der Waals surface area (Å²) in [5.74, 6) is -0.294. The average molecular weight is 319 g/mol. The van der Waals surface area contributed by atoms with Crippen LogP contribution in [0.25, 0.3) is 10.9 Å². The third kappa shape index (κ3) is 1.78. The molecule has 6 rings (SSSR count). The Labute approximate surface area is 139 Å². The van der Waals surface area contributed by atoms with E-state index in [0.29, 0.717) is 0 Å². The summed E-state index contributed by atoms with van der Waals surface area (Å²) in [6.45, 7) is 0. The first kappa shape index (κ1) is 13.7. The molecule has 24 heavy (non-hydrogen) atoms. The van der Waals surface area contributed by atoms with E-state index in [0.717, 1.165) is 34.3 Å². The van der Waals surface area contributed by atoms with Crippen molar-refractivity contribution in [2.75, 3.05) is 0 Å². The van der Waals surface area contributed by atoms with Crippen LogP contribution in [0.15, 0.2) is 47.7 Å². The molecule has 0 spiro atoms. The highest BCUT2D eigenvalue weighted by molar-refractivity contribution is 6.07. The van der Waals surface area contributed by atoms with Crippen molar-refractivity contribution in [2.45, 2.75) is 12.8 Å². The third-order valence-electron chi connectivity index (χ3n) is 5.67. The number of hydrazone groups is 1. The Morgan fingerprint density at radius 3 is 2.38 bits per heavy atom. The monoisotopic (exact) mass is 319 g/mol. The summed E-state index contributed by atoms with van der Waals surface area (Å²) < 4.78 is 0. The van der Waals surface area contributed by atoms with E-state index in [1.807, 2.05) is 30.5 Å². The van der Waals surface area contributed by atoms with Crippen molar-refractivity contribution < 1.29 is 9.59 Å². The summed E-state index contributed by atoms with van der Waals surface area (Å²) in [6.07, 6.45) is 9.70. The number of amides is 2. The molecule has 4 aliphatic rings. The van der Waals surface area contributed by atoms with E-state index in [-0.39, 0.29) is 35.5 Å². The van der Waals surface area contributed by atoms with E-state index >= 15 is 0 Å². The van der Waals surface area contributed by atoms with E-state index in [2.05, 4.69) is 22.2 Å². The lowest BCUT2D eigenvalue weighted by Gasteiger charge is -2.37. The number of para-hydroxylation sites is 1. The maximum absolute atomic E-state index is 12.7. The first-order chi connectivity index (χ1) is 11.7. The van der Waals surface area contributed by atoms with Gasteiger partial charge in [0.2, 0.25) is 0 Å². The van der Waals surface area contributed by atoms with E-state index < -0.39 is 0 Å². The number of hydrogen-bond acceptors (Lipinski definition) is 3. The Hall–Kier alpha value is -2.69. The highest BCUT2D eigenvalue weighted by atomic mass is 16.2. The number of carbonyl (C=O) groups excluding carboxylic acids is 2. The fourth-order valence-electron chi connectivity index (χ4n) is 4.49. The Kier molecular flexibility index (Phi) is 2.80. The predicted molar refractivity (Wildman–Crippen MR) is 90.1 cm³/mol. The number of nitrogens with one attached hydrogen (secondary N) is 1. The molecule has 1 N–H and O–H groups in total. The standard InChI is InChI=1S/C19H17N3O2/c23-18-16-11-5-6-12(8-7-11)17(16)19(24)22(18)21-10-13-9-20-15-4-2-1-3-14(13)15/h1-6,9-12,16-17,20H,7-8H2/b21-10+/t11-,12+,16-,17-/m0/s1. The normalized spacial score (nSPS) is 31.6. The fraction of sp³-hybridized carbons (Fsp3) is 0.316. The Bertz CT molecular complexity index is 878. The van der Waals surface area contributed by atoms with Gasteiger partial charge in [-0.05, 0) is 30.7 Å². The molecule has 1 saturated heterocycles. The van der Waals surface area contributed by atoms with E-state index in [4.69, 9.17) is 0 Å². The zero-order chi connectivity index (χ0) is 16.3. The molecule has 1 aromatic heterocycles. The molecule has 0 radical (unpaired) electrons. The van der Waals surface area contributed by atoms with Gasteiger partial charge in [-0.3, -0.25) is 9.59 Å². The zero-order valence-electron chi connectivity index (χ0n) is 13.1. The number of allylic oxidation sites excluding steroid dienone is 2. The summed E-state index contributed by atoms with van der Waals surface area (Å²) >= 11 is 0. The van der Waals surface area contributed by atoms with Crippen molar-refractivity contribution in [1.29, 1.82) is 0 Å². The number of imide groups is 1. The van der Waals surface area contributed by atoms with E-state index in [1.165, 1.54) is 0 Å². The van der Waals surface area contributed by atoms with Gasteiger partial charge >= 0.3 is 0 Å². The van der Waals surface area contributed by atoms with Crippen molar-refractivity contribution in [3.8, 4) is 0 Å². The summed E-state index contributed by atoms with van der Waals surface area (Å²) in [5, 5.41) is 6.39. The topological polar surface area (TPSA) is 65.5 Å². The molecule has 120 valence electrons. The minimum absolute atomic E-state index is 0.139. The van der Waals surface area contributed by atoms with Crippen LogP contribution in [0.3, 0.4) is 0 Å². The van der Waals surface area contributed by atoms with Crippen LogP contribution >= 0.6 is 0 Å². The summed E-state index contributed by atoms with van der Waals surface area (Å²) in [6, 6.07) is 7.89. The van der Waals surface area contributed by atoms with Gasteiger partial charge in [0.1, 0.15) is 0 Å². The molecular formula is C19H17N3O2. The average Bonchev–Trinajstić information content (AvgIpc) is 3.15. The van der Waals surface area contributed by atoms with Gasteiger partial charge in [-0.1, -0.05) is 30.4 Å². The first-order valence-corrected chi connectivity index (χ1v) is 8.40. The number of benzene rings is 1. The van der Waals surface area contributed by atoms with Crippen molar-refractivity contribution in [1.82, 2.24) is 9.99 Å². The van der Waals surface area contributed by atoms with E-state index in [9.17, 15) is 9.59 Å². The smallest absolute Gasteiger partial charge is 0.254 e. The van der Waals surface area contributed by atoms with Crippen LogP contribution < -0.4 is 0 Å². The van der Waals surface area contributed by atoms with Gasteiger partial charge in [0.25, 0.3) is 11.8 Å². The molecule has 0 unspecified atom stereocenters. The van der Waals surface area contributed by atoms with Crippen LogP contribution in [0.5, 0.6) is 0 Å². The molecule has 4 atom stereocenters. The predicted octanol–water partition coefficient (Wildman–Crippen LogP) is 2.70. The Morgan fingerprint density at radius 2 is 1.71 bits per heavy atom. The molecule has 2 aromatic rings. The van der Waals surface area contributed by atoms with Crippen LogP contribution in [0.4, 0.5) is 0 Å². The molecule has 1 saturated carbocycles. The van der Waals surface area contributed by atoms with Crippen LogP contribution in [-0.2, 0) is 9.59 Å². The third-order valence-corrected chi connectivity index (χ3v) is 5.67. The molecule has 2 amide bonds. The molecule has 3 aliphatic carbocycles. The summed E-state index contributed by atoms with van der Waals surface area (Å²) in [7, 11) is 0. The van der Waals surface area contributed by atoms with Gasteiger partial charge in [-0.25, -0.2) is 0 Å². The number of hydrogen-bond donors (Lipinski definition) is 1. The number of H-pyrrole nitrogens is 1. The first-order valence-electron chi connectivity index (χ1n) is 8.40. The van der Waals surface area contributed by atoms with Gasteiger partial charge in [0, 0.05) is 22.7 Å². The van der Waals surface area contributed by atoms with Gasteiger partial charge < -0.3 is 4.98 Å². The molecule has 2 heterocycles. The van der Waals surface area contributed by atoms with Crippen molar-refractivity contribution in [3.63, 3.8) is 0 Å². The zero-order valence-corrected chi connectivity index (χ0v) is 13.1. The van der Waals surface area contributed by atoms with Crippen molar-refractivity contribution in [3.05, 3.63) is 48.2 Å². The van der Waals surface area contributed by atoms with Crippen LogP contribution in [0.2, 0.25) is 0 Å². The van der Waals surface area contributed by atoms with Gasteiger partial charge in [0.15, 0.2) is 0 Å². The quantitative estimate of drug-likeness (QED) is 0.525. The summed E-state index contributed by atoms with van der Waals surface area (Å²) in [4.78, 5) is 28.6. The van der Waals surface area contributed by atoms with Crippen molar-refractivity contribution in [2.24, 2.45) is 28.8 Å². The van der Waals surface area contributed by atoms with Crippen molar-refractivity contribution >= 4 is 28.9 Å². The molecular weight excluding hydrogens is 302 g/mol. The second kappa shape index (κ2) is 4.90. The van der Waals surface area contributed by atoms with Crippen LogP contribution in [0.1, 0.15) is 18.4 Å². The largest absolute Gasteiger partial charge is 0.361 e. The van der Waals surface area contributed by atoms with Gasteiger partial charge in [-0.15, -0.1) is 0 Å². The number of carbonyl (C=O) groups is 2. The second-order valence-corrected chi connectivity index (χ2v) is 6.86. The molecule has 2 bridgehead atoms. The molecule has 5 nitrogen and oxygen atoms in total. The molecule has 5 heteroatoms. The van der Waals surface area contributed by atoms with E-state index in [1.54, 1.807) is 6.21 Å². The lowest BCUT2D eigenvalue weighted by molar-refractivity contribution is -0.140. The number of rotatable bonds is 2. The lowest BCUT2D eigenvalue weighted by atomic mass is 9.63. The maximum Gasteiger partial charge on any atom is 0.254 e. The van der Waals surface area contributed by atoms with Gasteiger partial charge in [-0.2, -0.15) is 10.1 Å². The molecule has 1 aliphatic heterocycles. The highest BCUT2D eigenvalue weighted by Gasteiger charge is 2.56.